The first-order chi connectivity index (χ1) is 16.1. The summed E-state index contributed by atoms with van der Waals surface area (Å²) in [6.45, 7) is 5.99. The number of benzene rings is 1. The van der Waals surface area contributed by atoms with Gasteiger partial charge in [0.1, 0.15) is 5.75 Å². The summed E-state index contributed by atoms with van der Waals surface area (Å²) in [5.74, 6) is 1.15. The van der Waals surface area contributed by atoms with E-state index < -0.39 is 0 Å². The molecule has 33 heavy (non-hydrogen) atoms. The molecule has 0 saturated carbocycles. The minimum absolute atomic E-state index is 0.00596. The van der Waals surface area contributed by atoms with Gasteiger partial charge in [-0.1, -0.05) is 77.3 Å². The molecule has 2 N–H and O–H groups in total. The van der Waals surface area contributed by atoms with Gasteiger partial charge in [-0.2, -0.15) is 0 Å². The third-order valence-electron chi connectivity index (χ3n) is 5.78. The maximum absolute atomic E-state index is 12.3. The van der Waals surface area contributed by atoms with Crippen LogP contribution in [0.2, 0.25) is 0 Å². The molecule has 1 aromatic rings. The fraction of sp³-hybridized carbons (Fsp3) is 0.630. The summed E-state index contributed by atoms with van der Waals surface area (Å²) >= 11 is 0. The average Bonchev–Trinajstić information content (AvgIpc) is 3.16. The molecule has 1 aromatic carbocycles. The van der Waals surface area contributed by atoms with Crippen LogP contribution in [0.1, 0.15) is 83.6 Å². The van der Waals surface area contributed by atoms with Crippen LogP contribution in [-0.2, 0) is 20.7 Å². The Kier molecular flexibility index (Phi) is 13.1. The maximum atomic E-state index is 12.3. The zero-order valence-corrected chi connectivity index (χ0v) is 20.5. The SMILES string of the molecule is CCCCCCCNC(=O)COc1cccc(CC2=C(NCCCCCCC)OCC2=O)c1. The van der Waals surface area contributed by atoms with E-state index in [1.54, 1.807) is 0 Å². The van der Waals surface area contributed by atoms with Gasteiger partial charge in [0.2, 0.25) is 5.78 Å². The van der Waals surface area contributed by atoms with E-state index in [1.807, 2.05) is 24.3 Å². The molecule has 0 fully saturated rings. The number of Topliss-reactive ketones (excluding diaryl/α,β-unsaturated/α-hetero) is 1. The molecule has 1 aliphatic rings. The molecule has 6 heteroatoms. The minimum Gasteiger partial charge on any atom is -0.484 e. The Labute approximate surface area is 199 Å². The van der Waals surface area contributed by atoms with Crippen LogP contribution in [0.25, 0.3) is 0 Å². The molecule has 1 aliphatic heterocycles. The molecular formula is C27H42N2O4. The van der Waals surface area contributed by atoms with Gasteiger partial charge in [-0.15, -0.1) is 0 Å². The molecule has 0 saturated heterocycles. The number of hydrogen-bond acceptors (Lipinski definition) is 5. The third-order valence-corrected chi connectivity index (χ3v) is 5.78. The summed E-state index contributed by atoms with van der Waals surface area (Å²) in [6.07, 6.45) is 12.3. The minimum atomic E-state index is -0.108. The van der Waals surface area contributed by atoms with Gasteiger partial charge in [-0.05, 0) is 30.5 Å². The maximum Gasteiger partial charge on any atom is 0.257 e. The molecule has 0 atom stereocenters. The second-order valence-electron chi connectivity index (χ2n) is 8.74. The van der Waals surface area contributed by atoms with E-state index in [1.165, 1.54) is 44.9 Å². The van der Waals surface area contributed by atoms with Crippen molar-refractivity contribution in [2.24, 2.45) is 0 Å². The Morgan fingerprint density at radius 2 is 1.67 bits per heavy atom. The van der Waals surface area contributed by atoms with Crippen molar-refractivity contribution in [3.05, 3.63) is 41.3 Å². The van der Waals surface area contributed by atoms with Gasteiger partial charge >= 0.3 is 0 Å². The molecule has 0 aliphatic carbocycles. The zero-order chi connectivity index (χ0) is 23.7. The highest BCUT2D eigenvalue weighted by atomic mass is 16.5. The molecular weight excluding hydrogens is 416 g/mol. The molecule has 0 bridgehead atoms. The summed E-state index contributed by atoms with van der Waals surface area (Å²) in [7, 11) is 0. The number of hydrogen-bond donors (Lipinski definition) is 2. The molecule has 0 unspecified atom stereocenters. The topological polar surface area (TPSA) is 76.7 Å². The monoisotopic (exact) mass is 458 g/mol. The number of ketones is 1. The van der Waals surface area contributed by atoms with Crippen LogP contribution < -0.4 is 15.4 Å². The van der Waals surface area contributed by atoms with E-state index in [0.29, 0.717) is 30.2 Å². The number of amides is 1. The molecule has 2 rings (SSSR count). The van der Waals surface area contributed by atoms with Crippen molar-refractivity contribution in [1.29, 1.82) is 0 Å². The van der Waals surface area contributed by atoms with Crippen molar-refractivity contribution in [1.82, 2.24) is 10.6 Å². The Morgan fingerprint density at radius 3 is 2.39 bits per heavy atom. The van der Waals surface area contributed by atoms with Crippen LogP contribution in [-0.4, -0.2) is 38.0 Å². The predicted molar refractivity (Wildman–Crippen MR) is 132 cm³/mol. The molecule has 0 radical (unpaired) electrons. The largest absolute Gasteiger partial charge is 0.484 e. The van der Waals surface area contributed by atoms with Crippen molar-refractivity contribution in [3.8, 4) is 5.75 Å². The van der Waals surface area contributed by atoms with E-state index in [2.05, 4.69) is 24.5 Å². The Balaban J connectivity index is 1.78. The smallest absolute Gasteiger partial charge is 0.257 e. The van der Waals surface area contributed by atoms with Crippen LogP contribution in [0, 0.1) is 0 Å². The van der Waals surface area contributed by atoms with Gasteiger partial charge < -0.3 is 20.1 Å². The summed E-state index contributed by atoms with van der Waals surface area (Å²) in [5.41, 5.74) is 1.64. The highest BCUT2D eigenvalue weighted by molar-refractivity contribution is 5.99. The van der Waals surface area contributed by atoms with E-state index in [0.717, 1.165) is 31.4 Å². The lowest BCUT2D eigenvalue weighted by Crippen LogP contribution is -2.29. The first-order valence-corrected chi connectivity index (χ1v) is 12.8. The van der Waals surface area contributed by atoms with Gasteiger partial charge in [-0.25, -0.2) is 0 Å². The second-order valence-corrected chi connectivity index (χ2v) is 8.74. The number of ether oxygens (including phenoxy) is 2. The van der Waals surface area contributed by atoms with Gasteiger partial charge in [0.15, 0.2) is 19.1 Å². The Hall–Kier alpha value is -2.50. The fourth-order valence-electron chi connectivity index (χ4n) is 3.81. The normalized spacial score (nSPS) is 13.2. The summed E-state index contributed by atoms with van der Waals surface area (Å²) in [4.78, 5) is 24.4. The Morgan fingerprint density at radius 1 is 0.970 bits per heavy atom. The Bertz CT molecular complexity index is 760. The fourth-order valence-corrected chi connectivity index (χ4v) is 3.81. The average molecular weight is 459 g/mol. The lowest BCUT2D eigenvalue weighted by atomic mass is 10.0. The van der Waals surface area contributed by atoms with Crippen LogP contribution in [0.5, 0.6) is 5.75 Å². The number of carbonyl (C=O) groups is 2. The summed E-state index contributed by atoms with van der Waals surface area (Å²) < 4.78 is 11.3. The van der Waals surface area contributed by atoms with Crippen molar-refractivity contribution >= 4 is 11.7 Å². The van der Waals surface area contributed by atoms with E-state index in [9.17, 15) is 9.59 Å². The van der Waals surface area contributed by atoms with Gasteiger partial charge in [0, 0.05) is 19.5 Å². The lowest BCUT2D eigenvalue weighted by molar-refractivity contribution is -0.123. The molecule has 0 spiro atoms. The molecule has 6 nitrogen and oxygen atoms in total. The number of nitrogens with one attached hydrogen (secondary N) is 2. The first-order valence-electron chi connectivity index (χ1n) is 12.8. The van der Waals surface area contributed by atoms with Crippen molar-refractivity contribution in [2.75, 3.05) is 26.3 Å². The molecule has 1 amide bonds. The number of rotatable bonds is 18. The second kappa shape index (κ2) is 16.2. The summed E-state index contributed by atoms with van der Waals surface area (Å²) in [5, 5.41) is 6.21. The first kappa shape index (κ1) is 26.7. The number of unbranched alkanes of at least 4 members (excludes halogenated alkanes) is 8. The quantitative estimate of drug-likeness (QED) is 0.301. The standard InChI is InChI=1S/C27H42N2O4/c1-3-5-7-9-11-16-28-26(31)21-32-23-15-13-14-22(18-23)19-24-25(30)20-33-27(24)29-17-12-10-8-6-4-2/h13-15,18,29H,3-12,16-17,19-21H2,1-2H3,(H,28,31). The highest BCUT2D eigenvalue weighted by Gasteiger charge is 2.25. The van der Waals surface area contributed by atoms with Crippen LogP contribution in [0.4, 0.5) is 0 Å². The molecule has 1 heterocycles. The van der Waals surface area contributed by atoms with Gasteiger partial charge in [0.05, 0.1) is 5.57 Å². The van der Waals surface area contributed by atoms with E-state index >= 15 is 0 Å². The van der Waals surface area contributed by atoms with Crippen LogP contribution >= 0.6 is 0 Å². The van der Waals surface area contributed by atoms with Gasteiger partial charge in [0.25, 0.3) is 5.91 Å². The lowest BCUT2D eigenvalue weighted by Gasteiger charge is -2.10. The van der Waals surface area contributed by atoms with E-state index in [4.69, 9.17) is 9.47 Å². The van der Waals surface area contributed by atoms with Crippen LogP contribution in [0.3, 0.4) is 0 Å². The molecule has 184 valence electrons. The van der Waals surface area contributed by atoms with Gasteiger partial charge in [-0.3, -0.25) is 9.59 Å². The summed E-state index contributed by atoms with van der Waals surface area (Å²) in [6, 6.07) is 7.57. The number of carbonyl (C=O) groups excluding carboxylic acids is 2. The zero-order valence-electron chi connectivity index (χ0n) is 20.5. The van der Waals surface area contributed by atoms with Crippen molar-refractivity contribution < 1.29 is 19.1 Å². The van der Waals surface area contributed by atoms with E-state index in [-0.39, 0.29) is 24.9 Å². The van der Waals surface area contributed by atoms with Crippen LogP contribution in [0.15, 0.2) is 35.7 Å². The highest BCUT2D eigenvalue weighted by Crippen LogP contribution is 2.22. The molecule has 0 aromatic heterocycles. The third kappa shape index (κ3) is 10.8. The van der Waals surface area contributed by atoms with Crippen molar-refractivity contribution in [3.63, 3.8) is 0 Å². The van der Waals surface area contributed by atoms with Crippen molar-refractivity contribution in [2.45, 2.75) is 84.5 Å². The predicted octanol–water partition coefficient (Wildman–Crippen LogP) is 5.07.